The topological polar surface area (TPSA) is 47.2 Å². The third kappa shape index (κ3) is 3.94. The van der Waals surface area contributed by atoms with E-state index in [1.807, 2.05) is 86.7 Å². The van der Waals surface area contributed by atoms with Crippen molar-refractivity contribution in [1.82, 2.24) is 9.36 Å². The summed E-state index contributed by atoms with van der Waals surface area (Å²) >= 11 is 6.71. The van der Waals surface area contributed by atoms with Crippen LogP contribution in [0.2, 0.25) is 0 Å². The molecule has 0 aliphatic carbocycles. The van der Waals surface area contributed by atoms with Crippen LogP contribution in [0.5, 0.6) is 0 Å². The van der Waals surface area contributed by atoms with Gasteiger partial charge in [0.2, 0.25) is 0 Å². The second-order valence-electron chi connectivity index (χ2n) is 7.23. The molecule has 1 saturated heterocycles. The molecule has 1 aliphatic rings. The van der Waals surface area contributed by atoms with Crippen LogP contribution in [0.3, 0.4) is 0 Å². The highest BCUT2D eigenvalue weighted by Gasteiger charge is 2.37. The normalized spacial score (nSPS) is 15.9. The fourth-order valence-corrected chi connectivity index (χ4v) is 4.85. The van der Waals surface area contributed by atoms with Gasteiger partial charge in [0.15, 0.2) is 4.32 Å². The molecule has 1 amide bonds. The second kappa shape index (κ2) is 8.53. The van der Waals surface area contributed by atoms with E-state index in [2.05, 4.69) is 0 Å². The van der Waals surface area contributed by atoms with Crippen molar-refractivity contribution < 1.29 is 4.79 Å². The quantitative estimate of drug-likeness (QED) is 0.424. The molecule has 7 heteroatoms. The van der Waals surface area contributed by atoms with Gasteiger partial charge in [-0.3, -0.25) is 19.2 Å². The number of thioether (sulfide) groups is 1. The molecular formula is C24H21N3O2S2. The molecule has 0 N–H and O–H groups in total. The van der Waals surface area contributed by atoms with Crippen molar-refractivity contribution in [1.29, 1.82) is 0 Å². The molecule has 156 valence electrons. The Bertz CT molecular complexity index is 1290. The van der Waals surface area contributed by atoms with Gasteiger partial charge in [-0.05, 0) is 43.2 Å². The van der Waals surface area contributed by atoms with Crippen molar-refractivity contribution in [2.45, 2.75) is 13.8 Å². The predicted octanol–water partition coefficient (Wildman–Crippen LogP) is 4.84. The predicted molar refractivity (Wildman–Crippen MR) is 132 cm³/mol. The Morgan fingerprint density at radius 2 is 1.61 bits per heavy atom. The monoisotopic (exact) mass is 447 g/mol. The summed E-state index contributed by atoms with van der Waals surface area (Å²) < 4.78 is 3.65. The number of thiocarbonyl (C=S) groups is 1. The smallest absolute Gasteiger partial charge is 0.283 e. The van der Waals surface area contributed by atoms with Crippen molar-refractivity contribution in [3.05, 3.63) is 98.8 Å². The molecule has 0 saturated carbocycles. The van der Waals surface area contributed by atoms with E-state index in [9.17, 15) is 9.59 Å². The van der Waals surface area contributed by atoms with Gasteiger partial charge in [0.25, 0.3) is 11.5 Å². The molecule has 3 aromatic rings. The van der Waals surface area contributed by atoms with Crippen molar-refractivity contribution in [2.75, 3.05) is 4.90 Å². The number of amides is 1. The molecule has 2 aromatic carbocycles. The van der Waals surface area contributed by atoms with Crippen molar-refractivity contribution >= 4 is 46.0 Å². The number of allylic oxidation sites excluding steroid dienone is 2. The van der Waals surface area contributed by atoms with Gasteiger partial charge in [-0.25, -0.2) is 4.68 Å². The highest BCUT2D eigenvalue weighted by molar-refractivity contribution is 8.27. The number of carbonyl (C=O) groups excluding carboxylic acids is 1. The Hall–Kier alpha value is -3.16. The maximum absolute atomic E-state index is 13.3. The molecule has 0 bridgehead atoms. The Morgan fingerprint density at radius 1 is 1.00 bits per heavy atom. The summed E-state index contributed by atoms with van der Waals surface area (Å²) in [6, 6.07) is 19.2. The van der Waals surface area contributed by atoms with Gasteiger partial charge in [0.05, 0.1) is 16.3 Å². The fourth-order valence-electron chi connectivity index (χ4n) is 3.53. The number of rotatable bonds is 4. The molecule has 4 rings (SSSR count). The second-order valence-corrected chi connectivity index (χ2v) is 8.90. The zero-order valence-corrected chi connectivity index (χ0v) is 19.0. The summed E-state index contributed by atoms with van der Waals surface area (Å²) in [6.45, 7) is 3.76. The highest BCUT2D eigenvalue weighted by Crippen LogP contribution is 2.36. The van der Waals surface area contributed by atoms with Crippen molar-refractivity contribution in [2.24, 2.45) is 7.05 Å². The van der Waals surface area contributed by atoms with Gasteiger partial charge < -0.3 is 0 Å². The van der Waals surface area contributed by atoms with Gasteiger partial charge in [0.1, 0.15) is 5.69 Å². The van der Waals surface area contributed by atoms with Gasteiger partial charge >= 0.3 is 0 Å². The molecule has 1 aliphatic heterocycles. The minimum atomic E-state index is -0.278. The first-order valence-corrected chi connectivity index (χ1v) is 11.0. The van der Waals surface area contributed by atoms with E-state index in [0.29, 0.717) is 20.6 Å². The van der Waals surface area contributed by atoms with Crippen LogP contribution >= 0.6 is 24.0 Å². The minimum Gasteiger partial charge on any atom is -0.283 e. The number of para-hydroxylation sites is 1. The first kappa shape index (κ1) is 21.1. The summed E-state index contributed by atoms with van der Waals surface area (Å²) in [6.07, 6.45) is 3.82. The highest BCUT2D eigenvalue weighted by atomic mass is 32.2. The summed E-state index contributed by atoms with van der Waals surface area (Å²) in [5, 5.41) is 0. The Balaban J connectivity index is 1.72. The van der Waals surface area contributed by atoms with Crippen molar-refractivity contribution in [3.63, 3.8) is 0 Å². The molecular weight excluding hydrogens is 426 g/mol. The van der Waals surface area contributed by atoms with Gasteiger partial charge in [-0.1, -0.05) is 78.6 Å². The lowest BCUT2D eigenvalue weighted by Crippen LogP contribution is -2.33. The summed E-state index contributed by atoms with van der Waals surface area (Å²) in [5.74, 6) is -0.276. The summed E-state index contributed by atoms with van der Waals surface area (Å²) in [4.78, 5) is 28.4. The Kier molecular flexibility index (Phi) is 5.80. The number of hydrogen-bond donors (Lipinski definition) is 0. The van der Waals surface area contributed by atoms with Crippen LogP contribution in [0.15, 0.2) is 82.0 Å². The lowest BCUT2D eigenvalue weighted by molar-refractivity contribution is -0.113. The number of anilines is 1. The molecule has 31 heavy (non-hydrogen) atoms. The number of hydrogen-bond acceptors (Lipinski definition) is 4. The number of nitrogens with zero attached hydrogens (tertiary/aromatic N) is 3. The molecule has 5 nitrogen and oxygen atoms in total. The van der Waals surface area contributed by atoms with Gasteiger partial charge in [-0.15, -0.1) is 0 Å². The lowest BCUT2D eigenvalue weighted by atomic mass is 10.1. The van der Waals surface area contributed by atoms with E-state index in [1.165, 1.54) is 16.7 Å². The molecule has 2 heterocycles. The maximum atomic E-state index is 13.3. The molecule has 1 fully saturated rings. The van der Waals surface area contributed by atoms with E-state index < -0.39 is 0 Å². The number of aromatic nitrogens is 2. The zero-order chi connectivity index (χ0) is 22.1. The average Bonchev–Trinajstić information content (AvgIpc) is 3.14. The average molecular weight is 448 g/mol. The molecule has 1 aromatic heterocycles. The van der Waals surface area contributed by atoms with Crippen LogP contribution in [0.25, 0.3) is 11.8 Å². The third-order valence-corrected chi connectivity index (χ3v) is 6.40. The molecule has 0 atom stereocenters. The first-order chi connectivity index (χ1) is 14.9. The Morgan fingerprint density at radius 3 is 2.26 bits per heavy atom. The molecule has 0 radical (unpaired) electrons. The number of benzene rings is 2. The van der Waals surface area contributed by atoms with E-state index in [1.54, 1.807) is 16.4 Å². The molecule has 0 spiro atoms. The van der Waals surface area contributed by atoms with Crippen LogP contribution in [0.4, 0.5) is 5.69 Å². The van der Waals surface area contributed by atoms with Crippen LogP contribution in [-0.4, -0.2) is 19.6 Å². The van der Waals surface area contributed by atoms with Crippen LogP contribution in [0.1, 0.15) is 18.2 Å². The van der Waals surface area contributed by atoms with Gasteiger partial charge in [-0.2, -0.15) is 0 Å². The fraction of sp³-hybridized carbons (Fsp3) is 0.125. The minimum absolute atomic E-state index is 0.276. The van der Waals surface area contributed by atoms with Crippen molar-refractivity contribution in [3.8, 4) is 5.69 Å². The lowest BCUT2D eigenvalue weighted by Gasteiger charge is -2.12. The van der Waals surface area contributed by atoms with Crippen LogP contribution < -0.4 is 10.5 Å². The summed E-state index contributed by atoms with van der Waals surface area (Å²) in [7, 11) is 1.80. The van der Waals surface area contributed by atoms with Gasteiger partial charge in [0, 0.05) is 7.05 Å². The van der Waals surface area contributed by atoms with E-state index in [0.717, 1.165) is 16.8 Å². The first-order valence-electron chi connectivity index (χ1n) is 9.74. The van der Waals surface area contributed by atoms with Crippen LogP contribution in [0, 0.1) is 6.92 Å². The Labute approximate surface area is 190 Å². The van der Waals surface area contributed by atoms with E-state index >= 15 is 0 Å². The molecule has 0 unspecified atom stereocenters. The third-order valence-electron chi connectivity index (χ3n) is 5.09. The largest absolute Gasteiger partial charge is 0.296 e. The number of carbonyl (C=O) groups is 1. The van der Waals surface area contributed by atoms with Crippen LogP contribution in [-0.2, 0) is 11.8 Å². The maximum Gasteiger partial charge on any atom is 0.296 e. The standard InChI is InChI=1S/C24H21N3O2S2/c1-16(14-18-10-6-4-7-11-18)15-20-22(28)26(24(30)31-20)21-17(2)25(3)27(23(21)29)19-12-8-5-9-13-19/h4-15H,1-3H3/b16-14+,20-15-. The SMILES string of the molecule is CC(/C=C1\SC(=S)N(c2c(C)n(C)n(-c3ccccc3)c2=O)C1=O)=C\c1ccccc1. The zero-order valence-electron chi connectivity index (χ0n) is 17.4. The summed E-state index contributed by atoms with van der Waals surface area (Å²) in [5.41, 5.74) is 3.40. The van der Waals surface area contributed by atoms with E-state index in [4.69, 9.17) is 12.2 Å². The van der Waals surface area contributed by atoms with E-state index in [-0.39, 0.29) is 11.5 Å².